The van der Waals surface area contributed by atoms with E-state index in [1.54, 1.807) is 0 Å². The monoisotopic (exact) mass is 570 g/mol. The second kappa shape index (κ2) is 8.51. The summed E-state index contributed by atoms with van der Waals surface area (Å²) in [6.45, 7) is 0. The van der Waals surface area contributed by atoms with E-state index in [-0.39, 0.29) is 0 Å². The summed E-state index contributed by atoms with van der Waals surface area (Å²) in [5, 5.41) is -9.05. The summed E-state index contributed by atoms with van der Waals surface area (Å²) in [7, 11) is 0. The van der Waals surface area contributed by atoms with Crippen LogP contribution in [-0.2, 0) is 0 Å². The minimum atomic E-state index is -2.49. The van der Waals surface area contributed by atoms with E-state index in [0.717, 1.165) is 18.2 Å². The predicted octanol–water partition coefficient (Wildman–Crippen LogP) is 9.59. The molecule has 6 rings (SSSR count). The van der Waals surface area contributed by atoms with E-state index < -0.39 is 124 Å². The van der Waals surface area contributed by atoms with Crippen LogP contribution in [0.5, 0.6) is 0 Å². The zero-order valence-corrected chi connectivity index (χ0v) is 19.0. The summed E-state index contributed by atoms with van der Waals surface area (Å²) in [6.07, 6.45) is 0. The molecule has 0 nitrogen and oxygen atoms in total. The van der Waals surface area contributed by atoms with Gasteiger partial charge in [0.25, 0.3) is 0 Å². The number of hydrogen-bond donors (Lipinski definition) is 0. The highest BCUT2D eigenvalue weighted by molar-refractivity contribution is 6.27. The van der Waals surface area contributed by atoms with Crippen LogP contribution in [0.25, 0.3) is 54.6 Å². The Morgan fingerprint density at radius 2 is 0.700 bits per heavy atom. The summed E-state index contributed by atoms with van der Waals surface area (Å²) >= 11 is 0. The number of rotatable bonds is 2. The van der Waals surface area contributed by atoms with Gasteiger partial charge in [-0.05, 0) is 23.3 Å². The van der Waals surface area contributed by atoms with Crippen LogP contribution in [0.2, 0.25) is 0 Å². The van der Waals surface area contributed by atoms with E-state index in [1.807, 2.05) is 0 Å². The fraction of sp³-hybridized carbons (Fsp3) is 0. The van der Waals surface area contributed by atoms with Crippen molar-refractivity contribution in [3.05, 3.63) is 106 Å². The van der Waals surface area contributed by atoms with Gasteiger partial charge in [0.05, 0.1) is 16.2 Å². The topological polar surface area (TPSA) is 0 Å². The van der Waals surface area contributed by atoms with Gasteiger partial charge in [0, 0.05) is 27.3 Å². The van der Waals surface area contributed by atoms with Crippen molar-refractivity contribution in [3.63, 3.8) is 0 Å². The molecule has 0 aromatic heterocycles. The molecule has 0 fully saturated rings. The van der Waals surface area contributed by atoms with Crippen molar-refractivity contribution in [3.8, 4) is 22.3 Å². The van der Waals surface area contributed by atoms with E-state index in [2.05, 4.69) is 0 Å². The van der Waals surface area contributed by atoms with Gasteiger partial charge in [-0.3, -0.25) is 0 Å². The molecule has 0 aliphatic rings. The molecule has 6 aromatic carbocycles. The van der Waals surface area contributed by atoms with Crippen LogP contribution >= 0.6 is 0 Å². The molecule has 0 amide bonds. The van der Waals surface area contributed by atoms with E-state index in [9.17, 15) is 30.7 Å². The molecule has 202 valence electrons. The molecule has 6 aromatic rings. The molecular formula is C28H6F12. The second-order valence-electron chi connectivity index (χ2n) is 8.72. The van der Waals surface area contributed by atoms with Crippen LogP contribution in [-0.4, -0.2) is 0 Å². The Labute approximate surface area is 214 Å². The van der Waals surface area contributed by atoms with Crippen molar-refractivity contribution in [2.75, 3.05) is 0 Å². The third-order valence-electron chi connectivity index (χ3n) is 6.74. The van der Waals surface area contributed by atoms with Gasteiger partial charge in [0.2, 0.25) is 0 Å². The van der Waals surface area contributed by atoms with Gasteiger partial charge in [-0.15, -0.1) is 0 Å². The molecule has 0 heterocycles. The van der Waals surface area contributed by atoms with Crippen molar-refractivity contribution >= 4 is 32.3 Å². The lowest BCUT2D eigenvalue weighted by Crippen LogP contribution is -2.08. The smallest absolute Gasteiger partial charge is 0.195 e. The van der Waals surface area contributed by atoms with E-state index in [0.29, 0.717) is 12.1 Å². The molecule has 12 heteroatoms. The normalized spacial score (nSPS) is 12.0. The molecule has 0 spiro atoms. The van der Waals surface area contributed by atoms with Crippen LogP contribution in [0.15, 0.2) is 36.4 Å². The fourth-order valence-electron chi connectivity index (χ4n) is 5.05. The maximum Gasteiger partial charge on any atom is 0.195 e. The highest BCUT2D eigenvalue weighted by Gasteiger charge is 2.36. The van der Waals surface area contributed by atoms with Gasteiger partial charge in [-0.25, -0.2) is 52.7 Å². The van der Waals surface area contributed by atoms with E-state index in [1.165, 1.54) is 6.07 Å². The minimum absolute atomic E-state index is 0.490. The lowest BCUT2D eigenvalue weighted by atomic mass is 9.85. The third kappa shape index (κ3) is 3.07. The fourth-order valence-corrected chi connectivity index (χ4v) is 5.05. The first-order valence-corrected chi connectivity index (χ1v) is 11.0. The van der Waals surface area contributed by atoms with Crippen molar-refractivity contribution in [1.82, 2.24) is 0 Å². The van der Waals surface area contributed by atoms with Gasteiger partial charge in [-0.1, -0.05) is 24.3 Å². The quantitative estimate of drug-likeness (QED) is 0.111. The van der Waals surface area contributed by atoms with Crippen LogP contribution in [0.4, 0.5) is 52.7 Å². The molecule has 0 aliphatic heterocycles. The zero-order valence-electron chi connectivity index (χ0n) is 19.0. The van der Waals surface area contributed by atoms with Crippen LogP contribution in [0.3, 0.4) is 0 Å². The molecular weight excluding hydrogens is 564 g/mol. The number of halogens is 12. The largest absolute Gasteiger partial charge is 0.204 e. The summed E-state index contributed by atoms with van der Waals surface area (Å²) in [6, 6.07) is 5.39. The highest BCUT2D eigenvalue weighted by atomic mass is 19.2. The predicted molar refractivity (Wildman–Crippen MR) is 121 cm³/mol. The molecule has 0 atom stereocenters. The van der Waals surface area contributed by atoms with E-state index >= 15 is 22.0 Å². The van der Waals surface area contributed by atoms with Crippen LogP contribution in [0, 0.1) is 69.8 Å². The zero-order chi connectivity index (χ0) is 28.9. The Morgan fingerprint density at radius 3 is 1.25 bits per heavy atom. The molecule has 0 saturated carbocycles. The molecule has 0 saturated heterocycles. The number of benzene rings is 6. The summed E-state index contributed by atoms with van der Waals surface area (Å²) in [5.74, 6) is -26.1. The first-order valence-electron chi connectivity index (χ1n) is 11.0. The Kier molecular flexibility index (Phi) is 5.48. The molecule has 0 radical (unpaired) electrons. The lowest BCUT2D eigenvalue weighted by molar-refractivity contribution is 0.448. The standard InChI is InChI=1S/C28H6F12/c29-10-6-5-9(18(30)19(10)31)7-3-1-2-4-8(7)11-14-12-13-16(23(35)21(14)33)26(38)28(40)27(39)17(13)25(37)24(36)15(12)22(34)20(11)32/h1-6H. The first-order chi connectivity index (χ1) is 18.9. The third-order valence-corrected chi connectivity index (χ3v) is 6.74. The van der Waals surface area contributed by atoms with Crippen molar-refractivity contribution < 1.29 is 52.7 Å². The second-order valence-corrected chi connectivity index (χ2v) is 8.72. The van der Waals surface area contributed by atoms with Gasteiger partial charge < -0.3 is 0 Å². The van der Waals surface area contributed by atoms with Gasteiger partial charge in [0.15, 0.2) is 69.8 Å². The highest BCUT2D eigenvalue weighted by Crippen LogP contribution is 2.49. The summed E-state index contributed by atoms with van der Waals surface area (Å²) in [5.41, 5.74) is -3.23. The van der Waals surface area contributed by atoms with Crippen molar-refractivity contribution in [2.45, 2.75) is 0 Å². The molecule has 0 bridgehead atoms. The van der Waals surface area contributed by atoms with Crippen LogP contribution < -0.4 is 0 Å². The molecule has 0 unspecified atom stereocenters. The van der Waals surface area contributed by atoms with Crippen LogP contribution in [0.1, 0.15) is 0 Å². The van der Waals surface area contributed by atoms with Crippen molar-refractivity contribution in [2.24, 2.45) is 0 Å². The first kappa shape index (κ1) is 25.8. The minimum Gasteiger partial charge on any atom is -0.204 e. The lowest BCUT2D eigenvalue weighted by Gasteiger charge is -2.21. The Morgan fingerprint density at radius 1 is 0.275 bits per heavy atom. The average molecular weight is 570 g/mol. The maximum atomic E-state index is 15.6. The maximum absolute atomic E-state index is 15.6. The molecule has 40 heavy (non-hydrogen) atoms. The van der Waals surface area contributed by atoms with Gasteiger partial charge in [-0.2, -0.15) is 0 Å². The average Bonchev–Trinajstić information content (AvgIpc) is 2.93. The molecule has 0 aliphatic carbocycles. The van der Waals surface area contributed by atoms with Crippen molar-refractivity contribution in [1.29, 1.82) is 0 Å². The van der Waals surface area contributed by atoms with Gasteiger partial charge in [0.1, 0.15) is 0 Å². The number of hydrogen-bond acceptors (Lipinski definition) is 0. The van der Waals surface area contributed by atoms with E-state index in [4.69, 9.17) is 0 Å². The SMILES string of the molecule is Fc1ccc(-c2ccccc2-c2c(F)c(F)c3c(F)c(F)c4c(F)c(F)c(F)c5c(F)c(F)c2c3c45)c(F)c1F. The summed E-state index contributed by atoms with van der Waals surface area (Å²) in [4.78, 5) is 0. The van der Waals surface area contributed by atoms with Gasteiger partial charge >= 0.3 is 0 Å². The Bertz CT molecular complexity index is 2060. The molecule has 0 N–H and O–H groups in total. The Hall–Kier alpha value is -4.48. The summed E-state index contributed by atoms with van der Waals surface area (Å²) < 4.78 is 178. The Balaban J connectivity index is 1.92.